The predicted octanol–water partition coefficient (Wildman–Crippen LogP) is 3.02. The molecule has 0 aliphatic carbocycles. The van der Waals surface area contributed by atoms with Crippen LogP contribution in [-0.2, 0) is 4.79 Å². The SMILES string of the molecule is C[C@@H]([NH2+]CC(=O)Nc1ccc(F)c(F)c1F)c1cccc(Cl)c1. The molecule has 0 fully saturated rings. The minimum absolute atomic E-state index is 0.00782. The molecule has 2 aromatic carbocycles. The molecule has 0 saturated carbocycles. The third-order valence-electron chi connectivity index (χ3n) is 3.34. The summed E-state index contributed by atoms with van der Waals surface area (Å²) in [6.45, 7) is 1.88. The number of anilines is 1. The monoisotopic (exact) mass is 343 g/mol. The molecule has 0 saturated heterocycles. The normalized spacial score (nSPS) is 12.0. The van der Waals surface area contributed by atoms with Crippen molar-refractivity contribution in [2.45, 2.75) is 13.0 Å². The van der Waals surface area contributed by atoms with Gasteiger partial charge in [0.15, 0.2) is 24.0 Å². The molecule has 0 unspecified atom stereocenters. The summed E-state index contributed by atoms with van der Waals surface area (Å²) in [4.78, 5) is 11.8. The highest BCUT2D eigenvalue weighted by atomic mass is 35.5. The number of halogens is 4. The van der Waals surface area contributed by atoms with Crippen LogP contribution in [0.15, 0.2) is 36.4 Å². The molecule has 1 amide bonds. The fourth-order valence-corrected chi connectivity index (χ4v) is 2.23. The van der Waals surface area contributed by atoms with Crippen molar-refractivity contribution in [1.82, 2.24) is 0 Å². The first-order valence-corrected chi connectivity index (χ1v) is 7.28. The van der Waals surface area contributed by atoms with E-state index in [1.165, 1.54) is 0 Å². The predicted molar refractivity (Wildman–Crippen MR) is 81.6 cm³/mol. The van der Waals surface area contributed by atoms with Crippen molar-refractivity contribution in [3.05, 3.63) is 64.4 Å². The molecule has 2 aromatic rings. The molecule has 0 heterocycles. The molecular formula is C16H15ClF3N2O+. The van der Waals surface area contributed by atoms with Gasteiger partial charge in [0, 0.05) is 10.6 Å². The van der Waals surface area contributed by atoms with E-state index in [9.17, 15) is 18.0 Å². The number of hydrogen-bond donors (Lipinski definition) is 2. The number of carbonyl (C=O) groups is 1. The summed E-state index contributed by atoms with van der Waals surface area (Å²) in [5.74, 6) is -4.86. The fraction of sp³-hybridized carbons (Fsp3) is 0.188. The lowest BCUT2D eigenvalue weighted by molar-refractivity contribution is -0.682. The Balaban J connectivity index is 1.94. The van der Waals surface area contributed by atoms with Gasteiger partial charge in [0.25, 0.3) is 5.91 Å². The summed E-state index contributed by atoms with van der Waals surface area (Å²) in [6.07, 6.45) is 0. The van der Waals surface area contributed by atoms with Crippen LogP contribution in [0.5, 0.6) is 0 Å². The lowest BCUT2D eigenvalue weighted by Crippen LogP contribution is -2.86. The summed E-state index contributed by atoms with van der Waals surface area (Å²) in [7, 11) is 0. The highest BCUT2D eigenvalue weighted by Gasteiger charge is 2.17. The second-order valence-corrected chi connectivity index (χ2v) is 5.49. The highest BCUT2D eigenvalue weighted by molar-refractivity contribution is 6.30. The van der Waals surface area contributed by atoms with Crippen LogP contribution in [0.1, 0.15) is 18.5 Å². The maximum Gasteiger partial charge on any atom is 0.279 e. The summed E-state index contributed by atoms with van der Waals surface area (Å²) in [5, 5.41) is 4.53. The van der Waals surface area contributed by atoms with E-state index in [4.69, 9.17) is 11.6 Å². The van der Waals surface area contributed by atoms with Gasteiger partial charge in [0.1, 0.15) is 6.04 Å². The van der Waals surface area contributed by atoms with Crippen molar-refractivity contribution < 1.29 is 23.3 Å². The summed E-state index contributed by atoms with van der Waals surface area (Å²) >= 11 is 5.90. The van der Waals surface area contributed by atoms with Crippen LogP contribution in [0.3, 0.4) is 0 Å². The third-order valence-corrected chi connectivity index (χ3v) is 3.58. The van der Waals surface area contributed by atoms with Crippen LogP contribution in [0.4, 0.5) is 18.9 Å². The van der Waals surface area contributed by atoms with E-state index in [1.807, 2.05) is 13.0 Å². The van der Waals surface area contributed by atoms with Gasteiger partial charge >= 0.3 is 0 Å². The van der Waals surface area contributed by atoms with Crippen molar-refractivity contribution in [1.29, 1.82) is 0 Å². The summed E-state index contributed by atoms with van der Waals surface area (Å²) in [6, 6.07) is 8.90. The van der Waals surface area contributed by atoms with Crippen LogP contribution >= 0.6 is 11.6 Å². The minimum Gasteiger partial charge on any atom is -0.333 e. The van der Waals surface area contributed by atoms with Gasteiger partial charge in [-0.3, -0.25) is 4.79 Å². The Hall–Kier alpha value is -2.05. The van der Waals surface area contributed by atoms with Gasteiger partial charge in [-0.05, 0) is 31.2 Å². The van der Waals surface area contributed by atoms with Crippen molar-refractivity contribution in [3.63, 3.8) is 0 Å². The van der Waals surface area contributed by atoms with Crippen LogP contribution in [-0.4, -0.2) is 12.5 Å². The number of carbonyl (C=O) groups excluding carboxylic acids is 1. The smallest absolute Gasteiger partial charge is 0.279 e. The van der Waals surface area contributed by atoms with E-state index >= 15 is 0 Å². The van der Waals surface area contributed by atoms with E-state index in [-0.39, 0.29) is 12.6 Å². The van der Waals surface area contributed by atoms with Crippen molar-refractivity contribution >= 4 is 23.2 Å². The van der Waals surface area contributed by atoms with E-state index in [2.05, 4.69) is 5.32 Å². The molecule has 7 heteroatoms. The van der Waals surface area contributed by atoms with Gasteiger partial charge in [-0.25, -0.2) is 13.2 Å². The molecule has 0 aliphatic heterocycles. The van der Waals surface area contributed by atoms with Gasteiger partial charge in [-0.1, -0.05) is 23.7 Å². The average molecular weight is 344 g/mol. The lowest BCUT2D eigenvalue weighted by Gasteiger charge is -2.12. The Morgan fingerprint density at radius 3 is 2.65 bits per heavy atom. The largest absolute Gasteiger partial charge is 0.333 e. The number of benzene rings is 2. The molecule has 23 heavy (non-hydrogen) atoms. The maximum atomic E-state index is 13.5. The second kappa shape index (κ2) is 7.48. The standard InChI is InChI=1S/C16H14ClF3N2O/c1-9(10-3-2-4-11(17)7-10)21-8-14(23)22-13-6-5-12(18)15(19)16(13)20/h2-7,9,21H,8H2,1H3,(H,22,23)/p+1/t9-/m1/s1. The number of amides is 1. The van der Waals surface area contributed by atoms with Crippen molar-refractivity contribution in [2.75, 3.05) is 11.9 Å². The van der Waals surface area contributed by atoms with Gasteiger partial charge in [0.05, 0.1) is 5.69 Å². The molecule has 0 spiro atoms. The van der Waals surface area contributed by atoms with Crippen molar-refractivity contribution in [2.24, 2.45) is 0 Å². The lowest BCUT2D eigenvalue weighted by atomic mass is 10.1. The fourth-order valence-electron chi connectivity index (χ4n) is 2.03. The average Bonchev–Trinajstić information content (AvgIpc) is 2.53. The number of quaternary nitrogens is 1. The number of nitrogens with one attached hydrogen (secondary N) is 1. The Labute approximate surface area is 136 Å². The van der Waals surface area contributed by atoms with Crippen LogP contribution in [0.2, 0.25) is 5.02 Å². The van der Waals surface area contributed by atoms with Gasteiger partial charge in [-0.15, -0.1) is 0 Å². The Morgan fingerprint density at radius 1 is 1.22 bits per heavy atom. The zero-order valence-corrected chi connectivity index (χ0v) is 13.0. The van der Waals surface area contributed by atoms with E-state index < -0.39 is 29.0 Å². The first kappa shape index (κ1) is 17.3. The molecule has 122 valence electrons. The minimum atomic E-state index is -1.61. The molecule has 3 nitrogen and oxygen atoms in total. The molecule has 0 bridgehead atoms. The Kier molecular flexibility index (Phi) is 5.63. The highest BCUT2D eigenvalue weighted by Crippen LogP contribution is 2.19. The van der Waals surface area contributed by atoms with Gasteiger partial charge < -0.3 is 10.6 Å². The molecule has 0 aliphatic rings. The first-order chi connectivity index (χ1) is 10.9. The molecule has 1 atom stereocenters. The molecule has 0 aromatic heterocycles. The number of hydrogen-bond acceptors (Lipinski definition) is 1. The number of rotatable bonds is 5. The van der Waals surface area contributed by atoms with Gasteiger partial charge in [0.2, 0.25) is 0 Å². The number of nitrogens with two attached hydrogens (primary N) is 1. The van der Waals surface area contributed by atoms with E-state index in [0.29, 0.717) is 5.02 Å². The zero-order chi connectivity index (χ0) is 17.0. The third kappa shape index (κ3) is 4.46. The van der Waals surface area contributed by atoms with E-state index in [0.717, 1.165) is 17.7 Å². The van der Waals surface area contributed by atoms with Crippen molar-refractivity contribution in [3.8, 4) is 0 Å². The molecule has 3 N–H and O–H groups in total. The van der Waals surface area contributed by atoms with Gasteiger partial charge in [-0.2, -0.15) is 0 Å². The molecule has 0 radical (unpaired) electrons. The van der Waals surface area contributed by atoms with Crippen LogP contribution in [0.25, 0.3) is 0 Å². The van der Waals surface area contributed by atoms with Crippen LogP contribution in [0, 0.1) is 17.5 Å². The maximum absolute atomic E-state index is 13.5. The Bertz CT molecular complexity index is 724. The quantitative estimate of drug-likeness (QED) is 0.805. The Morgan fingerprint density at radius 2 is 1.96 bits per heavy atom. The summed E-state index contributed by atoms with van der Waals surface area (Å²) < 4.78 is 39.4. The first-order valence-electron chi connectivity index (χ1n) is 6.90. The van der Waals surface area contributed by atoms with Crippen LogP contribution < -0.4 is 10.6 Å². The molecule has 2 rings (SSSR count). The second-order valence-electron chi connectivity index (χ2n) is 5.05. The topological polar surface area (TPSA) is 45.7 Å². The zero-order valence-electron chi connectivity index (χ0n) is 12.2. The van der Waals surface area contributed by atoms with E-state index in [1.54, 1.807) is 23.5 Å². The summed E-state index contributed by atoms with van der Waals surface area (Å²) in [5.41, 5.74) is 0.544. The molecular weight excluding hydrogens is 329 g/mol.